The summed E-state index contributed by atoms with van der Waals surface area (Å²) in [6, 6.07) is 0.549. The van der Waals surface area contributed by atoms with E-state index in [1.54, 1.807) is 7.11 Å². The van der Waals surface area contributed by atoms with E-state index in [-0.39, 0.29) is 5.60 Å². The standard InChI is InChI=1S/C14H29NO2/c1-11(2)15-10-12-7-6-8-17-13(12)9-14(3,4)16-5/h11-13,15H,6-10H2,1-5H3. The van der Waals surface area contributed by atoms with Crippen LogP contribution in [-0.2, 0) is 9.47 Å². The molecule has 1 fully saturated rings. The molecule has 1 aliphatic rings. The zero-order valence-corrected chi connectivity index (χ0v) is 12.1. The van der Waals surface area contributed by atoms with Gasteiger partial charge in [0.25, 0.3) is 0 Å². The first-order chi connectivity index (χ1) is 7.94. The maximum Gasteiger partial charge on any atom is 0.0647 e. The fraction of sp³-hybridized carbons (Fsp3) is 1.00. The zero-order valence-electron chi connectivity index (χ0n) is 12.1. The largest absolute Gasteiger partial charge is 0.379 e. The first-order valence-electron chi connectivity index (χ1n) is 6.85. The van der Waals surface area contributed by atoms with E-state index in [4.69, 9.17) is 9.47 Å². The van der Waals surface area contributed by atoms with Crippen molar-refractivity contribution >= 4 is 0 Å². The molecule has 0 bridgehead atoms. The smallest absolute Gasteiger partial charge is 0.0647 e. The molecule has 3 nitrogen and oxygen atoms in total. The van der Waals surface area contributed by atoms with Crippen LogP contribution in [0.2, 0.25) is 0 Å². The monoisotopic (exact) mass is 243 g/mol. The lowest BCUT2D eigenvalue weighted by Crippen LogP contribution is -2.42. The average molecular weight is 243 g/mol. The number of ether oxygens (including phenoxy) is 2. The summed E-state index contributed by atoms with van der Waals surface area (Å²) in [5.41, 5.74) is -0.0852. The second-order valence-corrected chi connectivity index (χ2v) is 6.04. The van der Waals surface area contributed by atoms with Gasteiger partial charge in [-0.15, -0.1) is 0 Å². The molecular formula is C14H29NO2. The van der Waals surface area contributed by atoms with Crippen LogP contribution in [0.15, 0.2) is 0 Å². The number of rotatable bonds is 6. The Morgan fingerprint density at radius 3 is 2.71 bits per heavy atom. The molecule has 0 aromatic heterocycles. The second kappa shape index (κ2) is 6.72. The number of hydrogen-bond donors (Lipinski definition) is 1. The summed E-state index contributed by atoms with van der Waals surface area (Å²) in [6.07, 6.45) is 3.77. The normalized spacial score (nSPS) is 26.5. The molecule has 1 aliphatic heterocycles. The fourth-order valence-electron chi connectivity index (χ4n) is 2.32. The minimum Gasteiger partial charge on any atom is -0.379 e. The van der Waals surface area contributed by atoms with Crippen molar-refractivity contribution in [2.24, 2.45) is 5.92 Å². The summed E-state index contributed by atoms with van der Waals surface area (Å²) in [5, 5.41) is 3.53. The summed E-state index contributed by atoms with van der Waals surface area (Å²) in [4.78, 5) is 0. The molecule has 0 aromatic carbocycles. The molecule has 1 saturated heterocycles. The van der Waals surface area contributed by atoms with Gasteiger partial charge in [-0.1, -0.05) is 13.8 Å². The molecule has 0 saturated carbocycles. The average Bonchev–Trinajstić information content (AvgIpc) is 2.27. The van der Waals surface area contributed by atoms with E-state index in [1.165, 1.54) is 12.8 Å². The van der Waals surface area contributed by atoms with Crippen LogP contribution in [-0.4, -0.2) is 38.0 Å². The molecule has 0 aliphatic carbocycles. The topological polar surface area (TPSA) is 30.5 Å². The Morgan fingerprint density at radius 1 is 1.41 bits per heavy atom. The number of hydrogen-bond acceptors (Lipinski definition) is 3. The Bertz CT molecular complexity index is 216. The van der Waals surface area contributed by atoms with Crippen molar-refractivity contribution in [1.29, 1.82) is 0 Å². The van der Waals surface area contributed by atoms with Gasteiger partial charge in [0.05, 0.1) is 11.7 Å². The van der Waals surface area contributed by atoms with Gasteiger partial charge in [0.1, 0.15) is 0 Å². The summed E-state index contributed by atoms with van der Waals surface area (Å²) < 4.78 is 11.5. The third-order valence-corrected chi connectivity index (χ3v) is 3.61. The lowest BCUT2D eigenvalue weighted by molar-refractivity contribution is -0.0835. The van der Waals surface area contributed by atoms with Crippen molar-refractivity contribution in [3.63, 3.8) is 0 Å². The van der Waals surface area contributed by atoms with Crippen LogP contribution in [0.1, 0.15) is 47.0 Å². The highest BCUT2D eigenvalue weighted by atomic mass is 16.5. The molecular weight excluding hydrogens is 214 g/mol. The van der Waals surface area contributed by atoms with Gasteiger partial charge in [-0.05, 0) is 32.6 Å². The molecule has 1 N–H and O–H groups in total. The molecule has 102 valence electrons. The van der Waals surface area contributed by atoms with E-state index in [0.29, 0.717) is 18.1 Å². The number of methoxy groups -OCH3 is 1. The molecule has 1 heterocycles. The van der Waals surface area contributed by atoms with Crippen LogP contribution in [0.5, 0.6) is 0 Å². The Kier molecular flexibility index (Phi) is 5.90. The van der Waals surface area contributed by atoms with Crippen LogP contribution in [0, 0.1) is 5.92 Å². The molecule has 2 atom stereocenters. The highest BCUT2D eigenvalue weighted by Crippen LogP contribution is 2.28. The van der Waals surface area contributed by atoms with Gasteiger partial charge < -0.3 is 14.8 Å². The Hall–Kier alpha value is -0.120. The molecule has 17 heavy (non-hydrogen) atoms. The fourth-order valence-corrected chi connectivity index (χ4v) is 2.32. The van der Waals surface area contributed by atoms with E-state index in [0.717, 1.165) is 19.6 Å². The third-order valence-electron chi connectivity index (χ3n) is 3.61. The van der Waals surface area contributed by atoms with Crippen molar-refractivity contribution in [2.45, 2.75) is 64.7 Å². The summed E-state index contributed by atoms with van der Waals surface area (Å²) in [7, 11) is 1.78. The minimum absolute atomic E-state index is 0.0852. The molecule has 2 unspecified atom stereocenters. The van der Waals surface area contributed by atoms with E-state index >= 15 is 0 Å². The van der Waals surface area contributed by atoms with Gasteiger partial charge in [0, 0.05) is 32.7 Å². The number of nitrogens with one attached hydrogen (secondary N) is 1. The predicted octanol–water partition coefficient (Wildman–Crippen LogP) is 2.59. The van der Waals surface area contributed by atoms with E-state index in [9.17, 15) is 0 Å². The summed E-state index contributed by atoms with van der Waals surface area (Å²) in [6.45, 7) is 10.6. The summed E-state index contributed by atoms with van der Waals surface area (Å²) >= 11 is 0. The minimum atomic E-state index is -0.0852. The molecule has 0 amide bonds. The lowest BCUT2D eigenvalue weighted by atomic mass is 9.87. The van der Waals surface area contributed by atoms with Crippen molar-refractivity contribution in [3.8, 4) is 0 Å². The SMILES string of the molecule is COC(C)(C)CC1OCCCC1CNC(C)C. The maximum absolute atomic E-state index is 5.94. The van der Waals surface area contributed by atoms with Crippen molar-refractivity contribution in [2.75, 3.05) is 20.3 Å². The van der Waals surface area contributed by atoms with Gasteiger partial charge in [-0.3, -0.25) is 0 Å². The van der Waals surface area contributed by atoms with Crippen molar-refractivity contribution in [1.82, 2.24) is 5.32 Å². The van der Waals surface area contributed by atoms with Gasteiger partial charge >= 0.3 is 0 Å². The molecule has 0 aromatic rings. The lowest BCUT2D eigenvalue weighted by Gasteiger charge is -2.37. The quantitative estimate of drug-likeness (QED) is 0.778. The van der Waals surface area contributed by atoms with Crippen LogP contribution in [0.25, 0.3) is 0 Å². The third kappa shape index (κ3) is 5.36. The van der Waals surface area contributed by atoms with Crippen molar-refractivity contribution < 1.29 is 9.47 Å². The molecule has 0 radical (unpaired) electrons. The van der Waals surface area contributed by atoms with E-state index in [1.807, 2.05) is 0 Å². The Labute approximate surface area is 106 Å². The van der Waals surface area contributed by atoms with Gasteiger partial charge in [-0.25, -0.2) is 0 Å². The van der Waals surface area contributed by atoms with Gasteiger partial charge in [0.2, 0.25) is 0 Å². The van der Waals surface area contributed by atoms with Crippen LogP contribution < -0.4 is 5.32 Å². The molecule has 0 spiro atoms. The Balaban J connectivity index is 2.47. The predicted molar refractivity (Wildman–Crippen MR) is 71.3 cm³/mol. The van der Waals surface area contributed by atoms with Crippen LogP contribution in [0.3, 0.4) is 0 Å². The highest BCUT2D eigenvalue weighted by molar-refractivity contribution is 4.83. The highest BCUT2D eigenvalue weighted by Gasteiger charge is 2.31. The van der Waals surface area contributed by atoms with E-state index < -0.39 is 0 Å². The molecule has 3 heteroatoms. The second-order valence-electron chi connectivity index (χ2n) is 6.04. The Morgan fingerprint density at radius 2 is 2.12 bits per heavy atom. The van der Waals surface area contributed by atoms with Crippen LogP contribution in [0.4, 0.5) is 0 Å². The van der Waals surface area contributed by atoms with Crippen molar-refractivity contribution in [3.05, 3.63) is 0 Å². The summed E-state index contributed by atoms with van der Waals surface area (Å²) in [5.74, 6) is 0.626. The maximum atomic E-state index is 5.94. The first kappa shape index (κ1) is 14.9. The van der Waals surface area contributed by atoms with E-state index in [2.05, 4.69) is 33.0 Å². The molecule has 1 rings (SSSR count). The van der Waals surface area contributed by atoms with Crippen LogP contribution >= 0.6 is 0 Å². The first-order valence-corrected chi connectivity index (χ1v) is 6.85. The van der Waals surface area contributed by atoms with Gasteiger partial charge in [-0.2, -0.15) is 0 Å². The van der Waals surface area contributed by atoms with Gasteiger partial charge in [0.15, 0.2) is 0 Å². The zero-order chi connectivity index (χ0) is 12.9.